The Hall–Kier alpha value is -1.84. The van der Waals surface area contributed by atoms with Crippen LogP contribution in [0.5, 0.6) is 0 Å². The maximum atomic E-state index is 5.85. The first kappa shape index (κ1) is 12.2. The average Bonchev–Trinajstić information content (AvgIpc) is 3.09. The predicted octanol–water partition coefficient (Wildman–Crippen LogP) is 2.76. The van der Waals surface area contributed by atoms with Gasteiger partial charge in [-0.15, -0.1) is 0 Å². The number of aromatic nitrogens is 3. The second-order valence-electron chi connectivity index (χ2n) is 5.27. The van der Waals surface area contributed by atoms with Crippen molar-refractivity contribution in [1.29, 1.82) is 0 Å². The van der Waals surface area contributed by atoms with E-state index in [2.05, 4.69) is 21.9 Å². The van der Waals surface area contributed by atoms with E-state index in [0.29, 0.717) is 11.9 Å². The maximum Gasteiger partial charge on any atom is 0.126 e. The molecule has 2 aromatic rings. The second-order valence-corrected chi connectivity index (χ2v) is 5.27. The van der Waals surface area contributed by atoms with Crippen molar-refractivity contribution in [3.05, 3.63) is 41.9 Å². The number of nitrogen functional groups attached to an aromatic ring is 1. The van der Waals surface area contributed by atoms with Gasteiger partial charge in [-0.05, 0) is 43.4 Å². The number of pyridine rings is 1. The topological polar surface area (TPSA) is 56.7 Å². The molecule has 0 atom stereocenters. The van der Waals surface area contributed by atoms with E-state index in [-0.39, 0.29) is 0 Å². The van der Waals surface area contributed by atoms with Crippen molar-refractivity contribution in [1.82, 2.24) is 14.8 Å². The first-order chi connectivity index (χ1) is 9.33. The summed E-state index contributed by atoms with van der Waals surface area (Å²) >= 11 is 0. The van der Waals surface area contributed by atoms with Crippen LogP contribution in [0.2, 0.25) is 0 Å². The zero-order valence-electron chi connectivity index (χ0n) is 11.1. The first-order valence-corrected chi connectivity index (χ1v) is 7.06. The molecule has 0 spiro atoms. The van der Waals surface area contributed by atoms with Gasteiger partial charge in [0, 0.05) is 12.4 Å². The van der Waals surface area contributed by atoms with Gasteiger partial charge in [0.1, 0.15) is 5.82 Å². The fourth-order valence-corrected chi connectivity index (χ4v) is 2.81. The molecule has 0 aromatic carbocycles. The quantitative estimate of drug-likeness (QED) is 0.915. The van der Waals surface area contributed by atoms with E-state index in [9.17, 15) is 0 Å². The molecule has 0 aliphatic heterocycles. The molecule has 0 amide bonds. The van der Waals surface area contributed by atoms with Crippen molar-refractivity contribution in [2.45, 2.75) is 44.6 Å². The summed E-state index contributed by atoms with van der Waals surface area (Å²) in [6, 6.07) is 6.72. The van der Waals surface area contributed by atoms with E-state index < -0.39 is 0 Å². The van der Waals surface area contributed by atoms with Crippen LogP contribution in [0.1, 0.15) is 43.0 Å². The number of hydrogen-bond donors (Lipinski definition) is 1. The minimum absolute atomic E-state index is 0.622. The van der Waals surface area contributed by atoms with E-state index in [1.807, 2.05) is 12.1 Å². The molecule has 0 unspecified atom stereocenters. The van der Waals surface area contributed by atoms with Gasteiger partial charge >= 0.3 is 0 Å². The smallest absolute Gasteiger partial charge is 0.126 e. The Morgan fingerprint density at radius 1 is 1.21 bits per heavy atom. The molecular weight excluding hydrogens is 236 g/mol. The lowest BCUT2D eigenvalue weighted by Crippen LogP contribution is -2.06. The van der Waals surface area contributed by atoms with Gasteiger partial charge < -0.3 is 5.73 Å². The van der Waals surface area contributed by atoms with Gasteiger partial charge in [0.25, 0.3) is 0 Å². The van der Waals surface area contributed by atoms with E-state index in [1.54, 1.807) is 6.20 Å². The zero-order chi connectivity index (χ0) is 13.1. The van der Waals surface area contributed by atoms with E-state index in [4.69, 9.17) is 10.8 Å². The Labute approximate surface area is 113 Å². The highest BCUT2D eigenvalue weighted by atomic mass is 15.3. The number of rotatable bonds is 4. The summed E-state index contributed by atoms with van der Waals surface area (Å²) in [5, 5.41) is 4.69. The van der Waals surface area contributed by atoms with Gasteiger partial charge in [0.2, 0.25) is 0 Å². The lowest BCUT2D eigenvalue weighted by atomic mass is 10.1. The predicted molar refractivity (Wildman–Crippen MR) is 75.8 cm³/mol. The van der Waals surface area contributed by atoms with Crippen LogP contribution in [0.4, 0.5) is 5.82 Å². The standard InChI is InChI=1S/C15H20N4/c16-15-12(4-3-10-17-15)7-8-13-9-11-19(18-13)14-5-1-2-6-14/h3-4,9-11,14H,1-2,5-8H2,(H2,16,17). The fourth-order valence-electron chi connectivity index (χ4n) is 2.81. The molecule has 19 heavy (non-hydrogen) atoms. The highest BCUT2D eigenvalue weighted by molar-refractivity contribution is 5.38. The third-order valence-corrected chi connectivity index (χ3v) is 3.94. The van der Waals surface area contributed by atoms with Gasteiger partial charge in [-0.3, -0.25) is 4.68 Å². The van der Waals surface area contributed by atoms with Crippen molar-refractivity contribution in [3.63, 3.8) is 0 Å². The largest absolute Gasteiger partial charge is 0.383 e. The number of aryl methyl sites for hydroxylation is 2. The Morgan fingerprint density at radius 3 is 2.84 bits per heavy atom. The molecule has 0 bridgehead atoms. The summed E-state index contributed by atoms with van der Waals surface area (Å²) in [4.78, 5) is 4.11. The fraction of sp³-hybridized carbons (Fsp3) is 0.467. The molecule has 2 heterocycles. The van der Waals surface area contributed by atoms with Crippen molar-refractivity contribution < 1.29 is 0 Å². The molecule has 100 valence electrons. The molecule has 4 heteroatoms. The van der Waals surface area contributed by atoms with Crippen LogP contribution in [-0.2, 0) is 12.8 Å². The monoisotopic (exact) mass is 256 g/mol. The molecule has 1 saturated carbocycles. The zero-order valence-corrected chi connectivity index (χ0v) is 11.1. The average molecular weight is 256 g/mol. The third kappa shape index (κ3) is 2.78. The first-order valence-electron chi connectivity index (χ1n) is 7.06. The minimum atomic E-state index is 0.622. The van der Waals surface area contributed by atoms with E-state index in [0.717, 1.165) is 24.1 Å². The number of nitrogens with zero attached hydrogens (tertiary/aromatic N) is 3. The molecule has 2 aromatic heterocycles. The van der Waals surface area contributed by atoms with Crippen LogP contribution in [0.25, 0.3) is 0 Å². The SMILES string of the molecule is Nc1ncccc1CCc1ccn(C2CCCC2)n1. The molecule has 0 radical (unpaired) electrons. The van der Waals surface area contributed by atoms with Crippen LogP contribution >= 0.6 is 0 Å². The second kappa shape index (κ2) is 5.43. The summed E-state index contributed by atoms with van der Waals surface area (Å²) < 4.78 is 2.15. The van der Waals surface area contributed by atoms with Crippen molar-refractivity contribution in [2.75, 3.05) is 5.73 Å². The molecular formula is C15H20N4. The highest BCUT2D eigenvalue weighted by Crippen LogP contribution is 2.28. The maximum absolute atomic E-state index is 5.85. The Balaban J connectivity index is 1.63. The normalized spacial score (nSPS) is 16.0. The van der Waals surface area contributed by atoms with Gasteiger partial charge in [0.05, 0.1) is 11.7 Å². The van der Waals surface area contributed by atoms with Crippen molar-refractivity contribution >= 4 is 5.82 Å². The van der Waals surface area contributed by atoms with Crippen LogP contribution in [-0.4, -0.2) is 14.8 Å². The minimum Gasteiger partial charge on any atom is -0.383 e. The lowest BCUT2D eigenvalue weighted by molar-refractivity contribution is 0.463. The van der Waals surface area contributed by atoms with Crippen LogP contribution in [0, 0.1) is 0 Å². The van der Waals surface area contributed by atoms with Crippen LogP contribution in [0.3, 0.4) is 0 Å². The third-order valence-electron chi connectivity index (χ3n) is 3.94. The van der Waals surface area contributed by atoms with Crippen molar-refractivity contribution in [2.24, 2.45) is 0 Å². The molecule has 1 aliphatic carbocycles. The summed E-state index contributed by atoms with van der Waals surface area (Å²) in [6.07, 6.45) is 10.9. The lowest BCUT2D eigenvalue weighted by Gasteiger charge is -2.08. The highest BCUT2D eigenvalue weighted by Gasteiger charge is 2.17. The van der Waals surface area contributed by atoms with Gasteiger partial charge in [0.15, 0.2) is 0 Å². The van der Waals surface area contributed by atoms with Gasteiger partial charge in [-0.25, -0.2) is 4.98 Å². The Bertz CT molecular complexity index is 541. The molecule has 2 N–H and O–H groups in total. The molecule has 4 nitrogen and oxygen atoms in total. The Morgan fingerprint density at radius 2 is 2.05 bits per heavy atom. The van der Waals surface area contributed by atoms with Gasteiger partial charge in [-0.1, -0.05) is 18.9 Å². The molecule has 0 saturated heterocycles. The summed E-state index contributed by atoms with van der Waals surface area (Å²) in [5.74, 6) is 0.637. The summed E-state index contributed by atoms with van der Waals surface area (Å²) in [6.45, 7) is 0. The van der Waals surface area contributed by atoms with Crippen LogP contribution in [0.15, 0.2) is 30.6 Å². The van der Waals surface area contributed by atoms with Crippen LogP contribution < -0.4 is 5.73 Å². The molecule has 3 rings (SSSR count). The molecule has 1 fully saturated rings. The molecule has 1 aliphatic rings. The Kier molecular flexibility index (Phi) is 3.49. The number of nitrogens with two attached hydrogens (primary N) is 1. The van der Waals surface area contributed by atoms with E-state index in [1.165, 1.54) is 25.7 Å². The number of hydrogen-bond acceptors (Lipinski definition) is 3. The van der Waals surface area contributed by atoms with Gasteiger partial charge in [-0.2, -0.15) is 5.10 Å². The van der Waals surface area contributed by atoms with Crippen molar-refractivity contribution in [3.8, 4) is 0 Å². The van der Waals surface area contributed by atoms with E-state index >= 15 is 0 Å². The summed E-state index contributed by atoms with van der Waals surface area (Å²) in [7, 11) is 0. The number of anilines is 1. The summed E-state index contributed by atoms with van der Waals surface area (Å²) in [5.41, 5.74) is 8.11.